The zero-order chi connectivity index (χ0) is 21.7. The average molecular weight is 446 g/mol. The third kappa shape index (κ3) is 3.32. The van der Waals surface area contributed by atoms with Crippen molar-refractivity contribution in [3.63, 3.8) is 0 Å². The van der Waals surface area contributed by atoms with E-state index < -0.39 is 5.91 Å². The van der Waals surface area contributed by atoms with E-state index in [1.54, 1.807) is 6.08 Å². The number of aryl methyl sites for hydroxylation is 1. The van der Waals surface area contributed by atoms with E-state index >= 15 is 0 Å². The van der Waals surface area contributed by atoms with Crippen LogP contribution in [0, 0.1) is 19.3 Å². The van der Waals surface area contributed by atoms with Gasteiger partial charge in [-0.1, -0.05) is 30.3 Å². The van der Waals surface area contributed by atoms with E-state index in [0.29, 0.717) is 5.17 Å². The summed E-state index contributed by atoms with van der Waals surface area (Å²) in [4.78, 5) is 16.8. The van der Waals surface area contributed by atoms with Gasteiger partial charge in [0.1, 0.15) is 0 Å². The second-order valence-electron chi connectivity index (χ2n) is 7.28. The Morgan fingerprint density at radius 2 is 1.87 bits per heavy atom. The summed E-state index contributed by atoms with van der Waals surface area (Å²) in [5, 5.41) is 17.2. The lowest BCUT2D eigenvalue weighted by atomic mass is 10.1. The molecule has 0 atom stereocenters. The van der Waals surface area contributed by atoms with Crippen molar-refractivity contribution in [2.24, 2.45) is 10.1 Å². The number of fused-ring (bicyclic) bond motifs is 2. The van der Waals surface area contributed by atoms with Crippen molar-refractivity contribution in [1.29, 1.82) is 5.41 Å². The minimum atomic E-state index is -0.406. The lowest BCUT2D eigenvalue weighted by Gasteiger charge is -2.20. The van der Waals surface area contributed by atoms with E-state index in [0.717, 1.165) is 27.0 Å². The Morgan fingerprint density at radius 1 is 1.10 bits per heavy atom. The van der Waals surface area contributed by atoms with Crippen LogP contribution in [0.15, 0.2) is 64.2 Å². The first-order chi connectivity index (χ1) is 15.0. The molecule has 2 aliphatic heterocycles. The zero-order valence-corrected chi connectivity index (χ0v) is 18.8. The number of nitrogens with zero attached hydrogens (tertiary/aromatic N) is 4. The Hall–Kier alpha value is -3.10. The summed E-state index contributed by atoms with van der Waals surface area (Å²) in [5.74, 6) is -0.348. The van der Waals surface area contributed by atoms with Crippen molar-refractivity contribution in [3.8, 4) is 5.69 Å². The smallest absolute Gasteiger partial charge is 0.283 e. The van der Waals surface area contributed by atoms with E-state index in [2.05, 4.69) is 45.0 Å². The molecule has 1 aromatic heterocycles. The van der Waals surface area contributed by atoms with Crippen molar-refractivity contribution in [3.05, 3.63) is 71.1 Å². The number of aromatic nitrogens is 1. The van der Waals surface area contributed by atoms with Crippen molar-refractivity contribution >= 4 is 61.7 Å². The summed E-state index contributed by atoms with van der Waals surface area (Å²) >= 11 is 2.79. The average Bonchev–Trinajstić information content (AvgIpc) is 3.30. The van der Waals surface area contributed by atoms with Gasteiger partial charge in [-0.15, -0.1) is 16.9 Å². The monoisotopic (exact) mass is 445 g/mol. The van der Waals surface area contributed by atoms with E-state index in [1.165, 1.54) is 39.3 Å². The van der Waals surface area contributed by atoms with Crippen molar-refractivity contribution in [2.75, 3.05) is 6.26 Å². The highest BCUT2D eigenvalue weighted by Crippen LogP contribution is 2.32. The van der Waals surface area contributed by atoms with E-state index in [-0.39, 0.29) is 11.4 Å². The van der Waals surface area contributed by atoms with Crippen molar-refractivity contribution in [2.45, 2.75) is 13.8 Å². The normalized spacial score (nSPS) is 17.4. The molecule has 0 radical (unpaired) electrons. The van der Waals surface area contributed by atoms with Crippen molar-refractivity contribution in [1.82, 2.24) is 9.58 Å². The molecule has 3 heterocycles. The lowest BCUT2D eigenvalue weighted by Crippen LogP contribution is -2.35. The number of rotatable bonds is 2. The van der Waals surface area contributed by atoms with Crippen LogP contribution in [-0.2, 0) is 4.79 Å². The van der Waals surface area contributed by atoms with Gasteiger partial charge in [-0.2, -0.15) is 10.0 Å². The standard InChI is InChI=1S/C23H19N5OS2/c1-13-10-17(12-19-20(24)28-22(25-21(19)29)31-23(26-28)30-3)14(2)27(13)18-9-8-15-6-4-5-7-16(15)11-18/h4-12,24H,1-3H3/b19-12-,24-20?. The Kier molecular flexibility index (Phi) is 4.83. The van der Waals surface area contributed by atoms with Crippen LogP contribution in [0.2, 0.25) is 0 Å². The Labute approximate surface area is 188 Å². The summed E-state index contributed by atoms with van der Waals surface area (Å²) in [6, 6.07) is 16.7. The number of nitrogens with one attached hydrogen (secondary N) is 1. The molecule has 6 nitrogen and oxygen atoms in total. The predicted octanol–water partition coefficient (Wildman–Crippen LogP) is 5.19. The molecule has 5 rings (SSSR count). The first kappa shape index (κ1) is 19.8. The maximum atomic E-state index is 12.7. The van der Waals surface area contributed by atoms with Gasteiger partial charge in [0.05, 0.1) is 5.57 Å². The molecule has 0 fully saturated rings. The van der Waals surface area contributed by atoms with Gasteiger partial charge in [0.25, 0.3) is 5.91 Å². The van der Waals surface area contributed by atoms with Crippen LogP contribution < -0.4 is 0 Å². The van der Waals surface area contributed by atoms with E-state index in [9.17, 15) is 4.79 Å². The summed E-state index contributed by atoms with van der Waals surface area (Å²) in [7, 11) is 0. The Morgan fingerprint density at radius 3 is 2.65 bits per heavy atom. The van der Waals surface area contributed by atoms with E-state index in [1.807, 2.05) is 38.3 Å². The molecule has 154 valence electrons. The van der Waals surface area contributed by atoms with Gasteiger partial charge >= 0.3 is 0 Å². The fourth-order valence-corrected chi connectivity index (χ4v) is 5.21. The number of amides is 1. The molecule has 0 saturated heterocycles. The molecule has 2 aromatic carbocycles. The fourth-order valence-electron chi connectivity index (χ4n) is 3.86. The maximum absolute atomic E-state index is 12.7. The van der Waals surface area contributed by atoms with Gasteiger partial charge in [0.2, 0.25) is 5.17 Å². The number of hydrogen-bond acceptors (Lipinski definition) is 5. The molecule has 3 aromatic rings. The SMILES string of the molecule is CSC1=NN2C(=N)/C(=C/c3cc(C)n(-c4ccc5ccccc5c4)c3C)C(=O)N=C2S1. The third-order valence-electron chi connectivity index (χ3n) is 5.37. The first-order valence-corrected chi connectivity index (χ1v) is 11.7. The lowest BCUT2D eigenvalue weighted by molar-refractivity contribution is -0.114. The van der Waals surface area contributed by atoms with Gasteiger partial charge in [0.15, 0.2) is 10.2 Å². The molecule has 2 aliphatic rings. The van der Waals surface area contributed by atoms with Crippen molar-refractivity contribution < 1.29 is 4.79 Å². The number of hydrogen-bond donors (Lipinski definition) is 1. The fraction of sp³-hybridized carbons (Fsp3) is 0.130. The van der Waals surface area contributed by atoms with Crippen LogP contribution in [0.25, 0.3) is 22.5 Å². The van der Waals surface area contributed by atoms with Crippen LogP contribution in [0.3, 0.4) is 0 Å². The molecule has 8 heteroatoms. The second kappa shape index (κ2) is 7.55. The quantitative estimate of drug-likeness (QED) is 0.551. The van der Waals surface area contributed by atoms with Gasteiger partial charge in [-0.05, 0) is 72.5 Å². The molecule has 31 heavy (non-hydrogen) atoms. The molecule has 0 saturated carbocycles. The Balaban J connectivity index is 1.56. The first-order valence-electron chi connectivity index (χ1n) is 9.68. The molecule has 1 N–H and O–H groups in total. The number of amidine groups is 2. The maximum Gasteiger partial charge on any atom is 0.283 e. The van der Waals surface area contributed by atoms with Crippen LogP contribution >= 0.6 is 23.5 Å². The number of carbonyl (C=O) groups excluding carboxylic acids is 1. The van der Waals surface area contributed by atoms with Gasteiger partial charge < -0.3 is 4.57 Å². The second-order valence-corrected chi connectivity index (χ2v) is 9.29. The topological polar surface area (TPSA) is 73.8 Å². The van der Waals surface area contributed by atoms with Gasteiger partial charge in [-0.3, -0.25) is 10.2 Å². The number of benzene rings is 2. The molecule has 0 unspecified atom stereocenters. The molecule has 1 amide bonds. The molecular formula is C23H19N5OS2. The molecule has 0 bridgehead atoms. The van der Waals surface area contributed by atoms with Gasteiger partial charge in [0, 0.05) is 17.1 Å². The summed E-state index contributed by atoms with van der Waals surface area (Å²) in [5.41, 5.74) is 4.25. The largest absolute Gasteiger partial charge is 0.318 e. The number of aliphatic imine (C=N–C) groups is 1. The third-order valence-corrected chi connectivity index (χ3v) is 7.26. The number of carbonyl (C=O) groups is 1. The van der Waals surface area contributed by atoms with Crippen LogP contribution in [0.4, 0.5) is 0 Å². The molecule has 0 spiro atoms. The summed E-state index contributed by atoms with van der Waals surface area (Å²) < 4.78 is 2.94. The van der Waals surface area contributed by atoms with Crippen LogP contribution in [0.1, 0.15) is 17.0 Å². The predicted molar refractivity (Wildman–Crippen MR) is 131 cm³/mol. The highest BCUT2D eigenvalue weighted by atomic mass is 32.2. The molecular weight excluding hydrogens is 426 g/mol. The summed E-state index contributed by atoms with van der Waals surface area (Å²) in [6.45, 7) is 4.07. The number of thioether (sulfide) groups is 2. The van der Waals surface area contributed by atoms with Crippen LogP contribution in [-0.4, -0.2) is 37.1 Å². The summed E-state index contributed by atoms with van der Waals surface area (Å²) in [6.07, 6.45) is 3.66. The van der Waals surface area contributed by atoms with Crippen LogP contribution in [0.5, 0.6) is 0 Å². The van der Waals surface area contributed by atoms with Gasteiger partial charge in [-0.25, -0.2) is 0 Å². The zero-order valence-electron chi connectivity index (χ0n) is 17.2. The highest BCUT2D eigenvalue weighted by molar-refractivity contribution is 8.45. The number of hydrazone groups is 1. The Bertz CT molecular complexity index is 1370. The minimum absolute atomic E-state index is 0.0575. The minimum Gasteiger partial charge on any atom is -0.318 e. The highest BCUT2D eigenvalue weighted by Gasteiger charge is 2.35. The van der Waals surface area contributed by atoms with E-state index in [4.69, 9.17) is 5.41 Å². The molecule has 0 aliphatic carbocycles.